The Labute approximate surface area is 161 Å². The summed E-state index contributed by atoms with van der Waals surface area (Å²) < 4.78 is 25.4. The third-order valence-electron chi connectivity index (χ3n) is 6.17. The van der Waals surface area contributed by atoms with E-state index in [4.69, 9.17) is 0 Å². The zero-order valence-corrected chi connectivity index (χ0v) is 16.5. The number of carbonyl (C=O) groups excluding carboxylic acids is 1. The van der Waals surface area contributed by atoms with Gasteiger partial charge in [-0.25, -0.2) is 8.42 Å². The van der Waals surface area contributed by atoms with E-state index in [1.54, 1.807) is 4.90 Å². The highest BCUT2D eigenvalue weighted by Gasteiger charge is 2.43. The van der Waals surface area contributed by atoms with E-state index < -0.39 is 9.84 Å². The Morgan fingerprint density at radius 2 is 1.63 bits per heavy atom. The van der Waals surface area contributed by atoms with Gasteiger partial charge < -0.3 is 4.90 Å². The van der Waals surface area contributed by atoms with E-state index >= 15 is 0 Å². The molecule has 4 nitrogen and oxygen atoms in total. The third kappa shape index (κ3) is 3.75. The van der Waals surface area contributed by atoms with E-state index in [1.165, 1.54) is 16.3 Å². The molecule has 144 valence electrons. The van der Waals surface area contributed by atoms with Gasteiger partial charge in [-0.15, -0.1) is 0 Å². The molecule has 0 atom stereocenters. The molecule has 27 heavy (non-hydrogen) atoms. The molecule has 1 aliphatic heterocycles. The molecule has 0 aromatic heterocycles. The minimum atomic E-state index is -3.08. The van der Waals surface area contributed by atoms with Gasteiger partial charge in [0.05, 0.1) is 10.5 Å². The highest BCUT2D eigenvalue weighted by Crippen LogP contribution is 2.30. The summed E-state index contributed by atoms with van der Waals surface area (Å²) in [5.41, 5.74) is 1.17. The van der Waals surface area contributed by atoms with Crippen molar-refractivity contribution < 1.29 is 13.2 Å². The lowest BCUT2D eigenvalue weighted by Gasteiger charge is -2.41. The van der Waals surface area contributed by atoms with Crippen LogP contribution in [0.1, 0.15) is 44.1 Å². The zero-order valence-electron chi connectivity index (χ0n) is 15.6. The number of hydrogen-bond donors (Lipinski definition) is 0. The van der Waals surface area contributed by atoms with Crippen molar-refractivity contribution in [3.05, 3.63) is 48.0 Å². The summed E-state index contributed by atoms with van der Waals surface area (Å²) in [5, 5.41) is 1.85. The van der Waals surface area contributed by atoms with Crippen molar-refractivity contribution in [1.82, 2.24) is 4.90 Å². The van der Waals surface area contributed by atoms with Crippen LogP contribution in [0.4, 0.5) is 0 Å². The summed E-state index contributed by atoms with van der Waals surface area (Å²) in [7, 11) is -3.08. The maximum Gasteiger partial charge on any atom is 0.222 e. The number of rotatable bonds is 5. The van der Waals surface area contributed by atoms with Crippen LogP contribution in [-0.4, -0.2) is 42.8 Å². The molecule has 1 amide bonds. The molecule has 2 fully saturated rings. The highest BCUT2D eigenvalue weighted by atomic mass is 32.2. The Morgan fingerprint density at radius 1 is 0.926 bits per heavy atom. The first kappa shape index (κ1) is 18.5. The monoisotopic (exact) mass is 385 g/mol. The lowest BCUT2D eigenvalue weighted by molar-refractivity contribution is -0.134. The third-order valence-corrected chi connectivity index (χ3v) is 8.80. The second kappa shape index (κ2) is 7.63. The maximum atomic E-state index is 12.7. The molecule has 2 aromatic rings. The van der Waals surface area contributed by atoms with Gasteiger partial charge in [0, 0.05) is 19.5 Å². The SMILES string of the molecule is O=C(CCc1cccc2ccccc12)N1CC(S(=O)(=O)C2CCCCC2)C1. The number of hydrogen-bond acceptors (Lipinski definition) is 3. The topological polar surface area (TPSA) is 54.5 Å². The summed E-state index contributed by atoms with van der Waals surface area (Å²) in [6.07, 6.45) is 5.91. The molecule has 2 aromatic carbocycles. The predicted molar refractivity (Wildman–Crippen MR) is 108 cm³/mol. The number of sulfone groups is 1. The van der Waals surface area contributed by atoms with Gasteiger partial charge in [0.1, 0.15) is 0 Å². The number of nitrogens with zero attached hydrogens (tertiary/aromatic N) is 1. The fourth-order valence-corrected chi connectivity index (χ4v) is 6.74. The number of likely N-dealkylation sites (tertiary alicyclic amines) is 1. The van der Waals surface area contributed by atoms with Crippen molar-refractivity contribution in [1.29, 1.82) is 0 Å². The largest absolute Gasteiger partial charge is 0.340 e. The van der Waals surface area contributed by atoms with Crippen molar-refractivity contribution in [3.63, 3.8) is 0 Å². The van der Waals surface area contributed by atoms with Crippen LogP contribution < -0.4 is 0 Å². The van der Waals surface area contributed by atoms with Gasteiger partial charge in [-0.2, -0.15) is 0 Å². The lowest BCUT2D eigenvalue weighted by atomic mass is 10.0. The molecule has 4 rings (SSSR count). The molecule has 0 N–H and O–H groups in total. The molecular formula is C22H27NO3S. The van der Waals surface area contributed by atoms with E-state index in [1.807, 2.05) is 18.2 Å². The second-order valence-electron chi connectivity index (χ2n) is 7.91. The molecular weight excluding hydrogens is 358 g/mol. The van der Waals surface area contributed by atoms with Crippen LogP contribution in [0.5, 0.6) is 0 Å². The van der Waals surface area contributed by atoms with Gasteiger partial charge in [-0.3, -0.25) is 4.79 Å². The molecule has 1 saturated heterocycles. The molecule has 5 heteroatoms. The van der Waals surface area contributed by atoms with Gasteiger partial charge in [0.15, 0.2) is 9.84 Å². The molecule has 0 unspecified atom stereocenters. The highest BCUT2D eigenvalue weighted by molar-refractivity contribution is 7.92. The van der Waals surface area contributed by atoms with E-state index in [9.17, 15) is 13.2 Å². The van der Waals surface area contributed by atoms with E-state index in [2.05, 4.69) is 24.3 Å². The first-order chi connectivity index (χ1) is 13.1. The van der Waals surface area contributed by atoms with Crippen LogP contribution >= 0.6 is 0 Å². The quantitative estimate of drug-likeness (QED) is 0.788. The average Bonchev–Trinajstić information content (AvgIpc) is 2.65. The fraction of sp³-hybridized carbons (Fsp3) is 0.500. The summed E-state index contributed by atoms with van der Waals surface area (Å²) in [6.45, 7) is 0.764. The van der Waals surface area contributed by atoms with E-state index in [0.29, 0.717) is 25.9 Å². The Bertz CT molecular complexity index is 920. The molecule has 0 spiro atoms. The number of fused-ring (bicyclic) bond motifs is 1. The van der Waals surface area contributed by atoms with Gasteiger partial charge in [-0.1, -0.05) is 61.7 Å². The maximum absolute atomic E-state index is 12.7. The van der Waals surface area contributed by atoms with Crippen LogP contribution in [0.2, 0.25) is 0 Å². The number of benzene rings is 2. The first-order valence-corrected chi connectivity index (χ1v) is 11.6. The van der Waals surface area contributed by atoms with Crippen LogP contribution in [0.15, 0.2) is 42.5 Å². The van der Waals surface area contributed by atoms with Gasteiger partial charge in [0.2, 0.25) is 5.91 Å². The summed E-state index contributed by atoms with van der Waals surface area (Å²) in [4.78, 5) is 14.2. The van der Waals surface area contributed by atoms with Gasteiger partial charge in [-0.05, 0) is 35.6 Å². The van der Waals surface area contributed by atoms with E-state index in [-0.39, 0.29) is 16.4 Å². The lowest BCUT2D eigenvalue weighted by Crippen LogP contribution is -2.58. The molecule has 1 heterocycles. The van der Waals surface area contributed by atoms with Crippen LogP contribution in [-0.2, 0) is 21.1 Å². The number of aryl methyl sites for hydroxylation is 1. The fourth-order valence-electron chi connectivity index (χ4n) is 4.43. The van der Waals surface area contributed by atoms with Gasteiger partial charge >= 0.3 is 0 Å². The standard InChI is InChI=1S/C22H27NO3S/c24-22(14-13-18-9-6-8-17-7-4-5-12-21(17)18)23-15-20(16-23)27(25,26)19-10-2-1-3-11-19/h4-9,12,19-20H,1-3,10-11,13-16H2. The van der Waals surface area contributed by atoms with Crippen molar-refractivity contribution >= 4 is 26.5 Å². The minimum absolute atomic E-state index is 0.0676. The van der Waals surface area contributed by atoms with Crippen LogP contribution in [0.25, 0.3) is 10.8 Å². The molecule has 1 aliphatic carbocycles. The van der Waals surface area contributed by atoms with Crippen molar-refractivity contribution in [2.75, 3.05) is 13.1 Å². The van der Waals surface area contributed by atoms with E-state index in [0.717, 1.165) is 32.1 Å². The van der Waals surface area contributed by atoms with Crippen LogP contribution in [0, 0.1) is 0 Å². The van der Waals surface area contributed by atoms with Gasteiger partial charge in [0.25, 0.3) is 0 Å². The summed E-state index contributed by atoms with van der Waals surface area (Å²) in [5.74, 6) is 0.0676. The number of carbonyl (C=O) groups is 1. The Hall–Kier alpha value is -1.88. The summed E-state index contributed by atoms with van der Waals surface area (Å²) >= 11 is 0. The average molecular weight is 386 g/mol. The zero-order chi connectivity index (χ0) is 18.9. The normalized spacial score (nSPS) is 19.2. The number of amides is 1. The predicted octanol–water partition coefficient (Wildman–Crippen LogP) is 3.73. The Balaban J connectivity index is 1.33. The summed E-state index contributed by atoms with van der Waals surface area (Å²) in [6, 6.07) is 14.4. The minimum Gasteiger partial charge on any atom is -0.340 e. The molecule has 0 radical (unpaired) electrons. The van der Waals surface area contributed by atoms with Crippen molar-refractivity contribution in [3.8, 4) is 0 Å². The molecule has 0 bridgehead atoms. The van der Waals surface area contributed by atoms with Crippen LogP contribution in [0.3, 0.4) is 0 Å². The first-order valence-electron chi connectivity index (χ1n) is 10.0. The van der Waals surface area contributed by atoms with Crippen molar-refractivity contribution in [2.45, 2.75) is 55.4 Å². The smallest absolute Gasteiger partial charge is 0.222 e. The van der Waals surface area contributed by atoms with Crippen molar-refractivity contribution in [2.24, 2.45) is 0 Å². The molecule has 2 aliphatic rings. The second-order valence-corrected chi connectivity index (χ2v) is 10.4. The Kier molecular flexibility index (Phi) is 5.22. The molecule has 1 saturated carbocycles. The Morgan fingerprint density at radius 3 is 2.41 bits per heavy atom.